The number of aliphatic hydroxyl groups is 1. The average molecular weight is 344 g/mol. The third-order valence-electron chi connectivity index (χ3n) is 3.85. The van der Waals surface area contributed by atoms with Crippen LogP contribution in [0.3, 0.4) is 0 Å². The number of phenols is 2. The van der Waals surface area contributed by atoms with Gasteiger partial charge in [-0.2, -0.15) is 0 Å². The summed E-state index contributed by atoms with van der Waals surface area (Å²) in [4.78, 5) is 11.1. The van der Waals surface area contributed by atoms with E-state index < -0.39 is 6.10 Å². The summed E-state index contributed by atoms with van der Waals surface area (Å²) >= 11 is 0. The van der Waals surface area contributed by atoms with E-state index in [1.807, 2.05) is 19.1 Å². The summed E-state index contributed by atoms with van der Waals surface area (Å²) in [5.74, 6) is -0.0931. The Morgan fingerprint density at radius 3 is 2.44 bits per heavy atom. The zero-order valence-corrected chi connectivity index (χ0v) is 14.4. The lowest BCUT2D eigenvalue weighted by Gasteiger charge is -2.18. The van der Waals surface area contributed by atoms with E-state index in [0.717, 1.165) is 12.0 Å². The molecule has 0 bridgehead atoms. The topological polar surface area (TPSA) is 102 Å². The van der Waals surface area contributed by atoms with Crippen molar-refractivity contribution in [2.75, 3.05) is 11.9 Å². The molecule has 0 spiro atoms. The van der Waals surface area contributed by atoms with Crippen LogP contribution in [-0.4, -0.2) is 33.8 Å². The molecule has 2 aromatic carbocycles. The summed E-state index contributed by atoms with van der Waals surface area (Å²) < 4.78 is 0. The van der Waals surface area contributed by atoms with E-state index in [1.54, 1.807) is 24.3 Å². The van der Waals surface area contributed by atoms with E-state index in [0.29, 0.717) is 12.1 Å². The third-order valence-corrected chi connectivity index (χ3v) is 3.85. The van der Waals surface area contributed by atoms with Crippen molar-refractivity contribution in [2.24, 2.45) is 0 Å². The van der Waals surface area contributed by atoms with Crippen molar-refractivity contribution in [1.29, 1.82) is 0 Å². The lowest BCUT2D eigenvalue weighted by molar-refractivity contribution is -0.114. The minimum Gasteiger partial charge on any atom is -0.508 e. The number of rotatable bonds is 7. The Bertz CT molecular complexity index is 716. The van der Waals surface area contributed by atoms with Gasteiger partial charge in [0.05, 0.1) is 11.8 Å². The fraction of sp³-hybridized carbons (Fsp3) is 0.316. The van der Waals surface area contributed by atoms with E-state index in [-0.39, 0.29) is 29.1 Å². The van der Waals surface area contributed by atoms with Gasteiger partial charge >= 0.3 is 0 Å². The van der Waals surface area contributed by atoms with Crippen LogP contribution >= 0.6 is 0 Å². The van der Waals surface area contributed by atoms with Gasteiger partial charge in [-0.25, -0.2) is 0 Å². The monoisotopic (exact) mass is 344 g/mol. The number of aliphatic hydroxyl groups excluding tert-OH is 1. The second kappa shape index (κ2) is 8.50. The Kier molecular flexibility index (Phi) is 6.38. The van der Waals surface area contributed by atoms with E-state index in [1.165, 1.54) is 13.0 Å². The van der Waals surface area contributed by atoms with Crippen LogP contribution in [0.25, 0.3) is 0 Å². The zero-order chi connectivity index (χ0) is 18.4. The zero-order valence-electron chi connectivity index (χ0n) is 14.4. The molecule has 2 aromatic rings. The number of benzene rings is 2. The first kappa shape index (κ1) is 18.8. The van der Waals surface area contributed by atoms with Crippen molar-refractivity contribution in [3.8, 4) is 11.5 Å². The Hall–Kier alpha value is -2.57. The molecule has 0 aliphatic heterocycles. The third kappa shape index (κ3) is 5.77. The predicted molar refractivity (Wildman–Crippen MR) is 96.6 cm³/mol. The van der Waals surface area contributed by atoms with E-state index in [2.05, 4.69) is 10.6 Å². The Morgan fingerprint density at radius 2 is 1.80 bits per heavy atom. The Balaban J connectivity index is 1.91. The van der Waals surface area contributed by atoms with Crippen LogP contribution in [0.1, 0.15) is 31.1 Å². The molecule has 0 saturated heterocycles. The predicted octanol–water partition coefficient (Wildman–Crippen LogP) is 2.31. The first-order chi connectivity index (χ1) is 11.8. The van der Waals surface area contributed by atoms with Crippen molar-refractivity contribution < 1.29 is 20.1 Å². The second-order valence-electron chi connectivity index (χ2n) is 6.15. The maximum absolute atomic E-state index is 11.1. The first-order valence-corrected chi connectivity index (χ1v) is 8.15. The highest BCUT2D eigenvalue weighted by molar-refractivity contribution is 5.90. The van der Waals surface area contributed by atoms with Crippen molar-refractivity contribution in [2.45, 2.75) is 32.4 Å². The van der Waals surface area contributed by atoms with Gasteiger partial charge in [0, 0.05) is 19.5 Å². The molecule has 0 aliphatic carbocycles. The molecular formula is C19H24N2O4. The standard InChI is InChI=1S/C19H24N2O4/c1-12(9-14-3-6-16(23)7-4-14)20-11-19(25)15-5-8-18(24)17(10-15)21-13(2)22/h3-8,10,12,19-20,23-25H,9,11H2,1-2H3,(H,21,22). The number of nitrogens with one attached hydrogen (secondary N) is 2. The van der Waals surface area contributed by atoms with E-state index >= 15 is 0 Å². The summed E-state index contributed by atoms with van der Waals surface area (Å²) in [6.07, 6.45) is -0.00456. The number of hydrogen-bond acceptors (Lipinski definition) is 5. The normalized spacial score (nSPS) is 13.2. The van der Waals surface area contributed by atoms with Gasteiger partial charge in [0.15, 0.2) is 0 Å². The Labute approximate surface area is 147 Å². The highest BCUT2D eigenvalue weighted by atomic mass is 16.3. The van der Waals surface area contributed by atoms with Crippen LogP contribution in [0.15, 0.2) is 42.5 Å². The maximum Gasteiger partial charge on any atom is 0.221 e. The van der Waals surface area contributed by atoms with Gasteiger partial charge in [-0.15, -0.1) is 0 Å². The van der Waals surface area contributed by atoms with Crippen molar-refractivity contribution in [1.82, 2.24) is 5.32 Å². The van der Waals surface area contributed by atoms with Crippen LogP contribution in [0.5, 0.6) is 11.5 Å². The first-order valence-electron chi connectivity index (χ1n) is 8.15. The lowest BCUT2D eigenvalue weighted by Crippen LogP contribution is -2.32. The SMILES string of the molecule is CC(=O)Nc1cc(C(O)CNC(C)Cc2ccc(O)cc2)ccc1O. The van der Waals surface area contributed by atoms with Crippen LogP contribution in [0, 0.1) is 0 Å². The quantitative estimate of drug-likeness (QED) is 0.496. The molecule has 0 saturated carbocycles. The molecule has 2 unspecified atom stereocenters. The number of hydrogen-bond donors (Lipinski definition) is 5. The minimum absolute atomic E-state index is 0.0418. The van der Waals surface area contributed by atoms with Crippen LogP contribution in [0.2, 0.25) is 0 Å². The largest absolute Gasteiger partial charge is 0.508 e. The summed E-state index contributed by atoms with van der Waals surface area (Å²) in [5.41, 5.74) is 1.97. The van der Waals surface area contributed by atoms with Crippen molar-refractivity contribution in [3.63, 3.8) is 0 Å². The molecule has 0 aromatic heterocycles. The number of carbonyl (C=O) groups is 1. The summed E-state index contributed by atoms with van der Waals surface area (Å²) in [6, 6.07) is 11.8. The molecule has 0 heterocycles. The molecule has 2 rings (SSSR count). The molecular weight excluding hydrogens is 320 g/mol. The van der Waals surface area contributed by atoms with Gasteiger partial charge in [0.25, 0.3) is 0 Å². The molecule has 134 valence electrons. The molecule has 2 atom stereocenters. The highest BCUT2D eigenvalue weighted by Crippen LogP contribution is 2.27. The highest BCUT2D eigenvalue weighted by Gasteiger charge is 2.13. The van der Waals surface area contributed by atoms with Crippen LogP contribution in [0.4, 0.5) is 5.69 Å². The van der Waals surface area contributed by atoms with Gasteiger partial charge in [-0.3, -0.25) is 4.79 Å². The number of aromatic hydroxyl groups is 2. The van der Waals surface area contributed by atoms with Crippen molar-refractivity contribution in [3.05, 3.63) is 53.6 Å². The molecule has 5 N–H and O–H groups in total. The Morgan fingerprint density at radius 1 is 1.12 bits per heavy atom. The fourth-order valence-corrected chi connectivity index (χ4v) is 2.54. The summed E-state index contributed by atoms with van der Waals surface area (Å²) in [7, 11) is 0. The van der Waals surface area contributed by atoms with E-state index in [9.17, 15) is 20.1 Å². The summed E-state index contributed by atoms with van der Waals surface area (Å²) in [5, 5.41) is 35.2. The van der Waals surface area contributed by atoms with Crippen LogP contribution < -0.4 is 10.6 Å². The molecule has 0 fully saturated rings. The van der Waals surface area contributed by atoms with Gasteiger partial charge in [0.2, 0.25) is 5.91 Å². The fourth-order valence-electron chi connectivity index (χ4n) is 2.54. The molecule has 0 radical (unpaired) electrons. The molecule has 25 heavy (non-hydrogen) atoms. The number of carbonyl (C=O) groups excluding carboxylic acids is 1. The second-order valence-corrected chi connectivity index (χ2v) is 6.15. The van der Waals surface area contributed by atoms with Gasteiger partial charge < -0.3 is 26.0 Å². The average Bonchev–Trinajstić information content (AvgIpc) is 2.56. The summed E-state index contributed by atoms with van der Waals surface area (Å²) in [6.45, 7) is 3.71. The number of phenolic OH excluding ortho intramolecular Hbond substituents is 2. The van der Waals surface area contributed by atoms with E-state index in [4.69, 9.17) is 0 Å². The number of amides is 1. The minimum atomic E-state index is -0.768. The number of anilines is 1. The maximum atomic E-state index is 11.1. The molecule has 1 amide bonds. The van der Waals surface area contributed by atoms with Crippen LogP contribution in [-0.2, 0) is 11.2 Å². The van der Waals surface area contributed by atoms with Gasteiger partial charge in [-0.05, 0) is 48.7 Å². The van der Waals surface area contributed by atoms with Gasteiger partial charge in [0.1, 0.15) is 11.5 Å². The molecule has 6 heteroatoms. The molecule has 0 aliphatic rings. The van der Waals surface area contributed by atoms with Crippen molar-refractivity contribution >= 4 is 11.6 Å². The molecule has 6 nitrogen and oxygen atoms in total. The van der Waals surface area contributed by atoms with Gasteiger partial charge in [-0.1, -0.05) is 18.2 Å². The lowest BCUT2D eigenvalue weighted by atomic mass is 10.1. The smallest absolute Gasteiger partial charge is 0.221 e.